The molecule has 0 amide bonds. The first-order valence-electron chi connectivity index (χ1n) is 4.41. The van der Waals surface area contributed by atoms with Crippen LogP contribution in [0.15, 0.2) is 22.7 Å². The van der Waals surface area contributed by atoms with E-state index < -0.39 is 6.43 Å². The highest BCUT2D eigenvalue weighted by molar-refractivity contribution is 9.10. The summed E-state index contributed by atoms with van der Waals surface area (Å²) in [6, 6.07) is 4.71. The molecule has 84 valence electrons. The minimum absolute atomic E-state index is 0.340. The summed E-state index contributed by atoms with van der Waals surface area (Å²) in [5.41, 5.74) is 0.128. The van der Waals surface area contributed by atoms with Gasteiger partial charge in [-0.05, 0) is 18.2 Å². The molecule has 0 bridgehead atoms. The molecule has 0 saturated heterocycles. The smallest absolute Gasteiger partial charge is 0.282 e. The first kappa shape index (κ1) is 11.2. The van der Waals surface area contributed by atoms with E-state index >= 15 is 0 Å². The van der Waals surface area contributed by atoms with Crippen LogP contribution in [0.25, 0.3) is 10.9 Å². The van der Waals surface area contributed by atoms with Crippen LogP contribution < -0.4 is 4.74 Å². The van der Waals surface area contributed by atoms with Crippen LogP contribution in [0.5, 0.6) is 5.75 Å². The van der Waals surface area contributed by atoms with Crippen LogP contribution >= 0.6 is 15.9 Å². The zero-order valence-corrected chi connectivity index (χ0v) is 9.83. The summed E-state index contributed by atoms with van der Waals surface area (Å²) in [4.78, 5) is 0. The van der Waals surface area contributed by atoms with Crippen LogP contribution in [-0.2, 0) is 0 Å². The highest BCUT2D eigenvalue weighted by atomic mass is 79.9. The van der Waals surface area contributed by atoms with E-state index in [0.717, 1.165) is 4.47 Å². The molecule has 0 saturated carbocycles. The average Bonchev–Trinajstić information content (AvgIpc) is 2.26. The second kappa shape index (κ2) is 4.29. The molecule has 6 heteroatoms. The summed E-state index contributed by atoms with van der Waals surface area (Å²) in [5, 5.41) is 7.75. The topological polar surface area (TPSA) is 35.0 Å². The average molecular weight is 289 g/mol. The highest BCUT2D eigenvalue weighted by Crippen LogP contribution is 2.29. The van der Waals surface area contributed by atoms with E-state index in [9.17, 15) is 8.78 Å². The lowest BCUT2D eigenvalue weighted by atomic mass is 10.2. The Labute approximate surface area is 98.6 Å². The normalized spacial score (nSPS) is 11.1. The van der Waals surface area contributed by atoms with Crippen LogP contribution in [0.2, 0.25) is 0 Å². The number of hydrogen-bond acceptors (Lipinski definition) is 3. The Hall–Kier alpha value is -1.30. The van der Waals surface area contributed by atoms with E-state index in [2.05, 4.69) is 26.1 Å². The van der Waals surface area contributed by atoms with Crippen molar-refractivity contribution < 1.29 is 13.5 Å². The number of alkyl halides is 2. The highest BCUT2D eigenvalue weighted by Gasteiger charge is 2.12. The molecule has 2 rings (SSSR count). The lowest BCUT2D eigenvalue weighted by molar-refractivity contribution is 0.145. The van der Waals surface area contributed by atoms with Crippen molar-refractivity contribution in [2.45, 2.75) is 6.43 Å². The summed E-state index contributed by atoms with van der Waals surface area (Å²) in [7, 11) is 1.49. The van der Waals surface area contributed by atoms with E-state index in [1.54, 1.807) is 12.1 Å². The van der Waals surface area contributed by atoms with Gasteiger partial charge in [-0.15, -0.1) is 10.2 Å². The monoisotopic (exact) mass is 288 g/mol. The molecule has 1 aromatic heterocycles. The number of ether oxygens (including phenoxy) is 1. The van der Waals surface area contributed by atoms with Gasteiger partial charge in [-0.1, -0.05) is 15.9 Å². The van der Waals surface area contributed by atoms with Crippen molar-refractivity contribution in [1.29, 1.82) is 0 Å². The van der Waals surface area contributed by atoms with E-state index in [1.807, 2.05) is 0 Å². The minimum Gasteiger partial charge on any atom is -0.494 e. The predicted molar refractivity (Wildman–Crippen MR) is 58.7 cm³/mol. The van der Waals surface area contributed by atoms with Crippen molar-refractivity contribution in [2.75, 3.05) is 7.11 Å². The third kappa shape index (κ3) is 1.97. The van der Waals surface area contributed by atoms with Crippen molar-refractivity contribution in [3.63, 3.8) is 0 Å². The fraction of sp³-hybridized carbons (Fsp3) is 0.200. The maximum Gasteiger partial charge on any atom is 0.282 e. The summed E-state index contributed by atoms with van der Waals surface area (Å²) >= 11 is 3.27. The maximum atomic E-state index is 12.4. The van der Waals surface area contributed by atoms with Crippen molar-refractivity contribution in [2.24, 2.45) is 0 Å². The molecule has 1 aromatic carbocycles. The maximum absolute atomic E-state index is 12.4. The zero-order chi connectivity index (χ0) is 11.7. The van der Waals surface area contributed by atoms with Crippen molar-refractivity contribution in [1.82, 2.24) is 10.2 Å². The number of halogens is 3. The van der Waals surface area contributed by atoms with Crippen LogP contribution in [0.4, 0.5) is 8.78 Å². The van der Waals surface area contributed by atoms with Gasteiger partial charge in [0, 0.05) is 9.86 Å². The Bertz CT molecular complexity index is 533. The Morgan fingerprint density at radius 1 is 1.25 bits per heavy atom. The zero-order valence-electron chi connectivity index (χ0n) is 8.25. The van der Waals surface area contributed by atoms with Gasteiger partial charge in [0.25, 0.3) is 6.43 Å². The quantitative estimate of drug-likeness (QED) is 0.850. The molecule has 0 radical (unpaired) electrons. The number of aromatic nitrogens is 2. The molecular weight excluding hydrogens is 282 g/mol. The molecule has 1 heterocycles. The van der Waals surface area contributed by atoms with Gasteiger partial charge in [0.2, 0.25) is 0 Å². The molecule has 0 aliphatic carbocycles. The molecular formula is C10H7BrF2N2O. The Morgan fingerprint density at radius 2 is 2.00 bits per heavy atom. The van der Waals surface area contributed by atoms with Gasteiger partial charge in [-0.25, -0.2) is 8.78 Å². The van der Waals surface area contributed by atoms with Crippen molar-refractivity contribution >= 4 is 26.8 Å². The second-order valence-corrected chi connectivity index (χ2v) is 4.03. The van der Waals surface area contributed by atoms with Crippen LogP contribution in [0.3, 0.4) is 0 Å². The lowest BCUT2D eigenvalue weighted by Gasteiger charge is -2.06. The summed E-state index contributed by atoms with van der Waals surface area (Å²) in [5.74, 6) is 0.498. The van der Waals surface area contributed by atoms with Gasteiger partial charge in [0.15, 0.2) is 0 Å². The molecule has 0 atom stereocenters. The second-order valence-electron chi connectivity index (χ2n) is 3.12. The standard InChI is InChI=1S/C10H7BrF2N2O/c1-16-8-4-6(11)2-5-3-7(10(12)13)14-15-9(5)8/h2-4,10H,1H3. The molecule has 0 aliphatic rings. The van der Waals surface area contributed by atoms with Crippen LogP contribution in [-0.4, -0.2) is 17.3 Å². The molecule has 0 spiro atoms. The van der Waals surface area contributed by atoms with Gasteiger partial charge in [-0.2, -0.15) is 0 Å². The van der Waals surface area contributed by atoms with Gasteiger partial charge in [0.1, 0.15) is 17.0 Å². The van der Waals surface area contributed by atoms with E-state index in [4.69, 9.17) is 4.74 Å². The number of rotatable bonds is 2. The third-order valence-electron chi connectivity index (χ3n) is 2.08. The Balaban J connectivity index is 2.69. The predicted octanol–water partition coefficient (Wildman–Crippen LogP) is 3.34. The number of methoxy groups -OCH3 is 1. The summed E-state index contributed by atoms with van der Waals surface area (Å²) in [6.07, 6.45) is -2.62. The summed E-state index contributed by atoms with van der Waals surface area (Å²) < 4.78 is 30.7. The minimum atomic E-state index is -2.62. The van der Waals surface area contributed by atoms with Gasteiger partial charge in [-0.3, -0.25) is 0 Å². The van der Waals surface area contributed by atoms with E-state index in [0.29, 0.717) is 16.7 Å². The molecule has 0 aliphatic heterocycles. The van der Waals surface area contributed by atoms with Gasteiger partial charge < -0.3 is 4.74 Å². The first-order valence-corrected chi connectivity index (χ1v) is 5.20. The number of fused-ring (bicyclic) bond motifs is 1. The lowest BCUT2D eigenvalue weighted by Crippen LogP contribution is -1.96. The molecule has 0 N–H and O–H groups in total. The fourth-order valence-corrected chi connectivity index (χ4v) is 1.82. The fourth-order valence-electron chi connectivity index (χ4n) is 1.37. The van der Waals surface area contributed by atoms with Crippen LogP contribution in [0, 0.1) is 0 Å². The number of hydrogen-bond donors (Lipinski definition) is 0. The number of nitrogens with zero attached hydrogens (tertiary/aromatic N) is 2. The van der Waals surface area contributed by atoms with Crippen molar-refractivity contribution in [3.05, 3.63) is 28.4 Å². The molecule has 2 aromatic rings. The SMILES string of the molecule is COc1cc(Br)cc2cc(C(F)F)nnc12. The third-order valence-corrected chi connectivity index (χ3v) is 2.54. The first-order chi connectivity index (χ1) is 7.61. The molecule has 0 unspecified atom stereocenters. The molecule has 16 heavy (non-hydrogen) atoms. The Kier molecular flexibility index (Phi) is 3.00. The number of benzene rings is 1. The largest absolute Gasteiger partial charge is 0.494 e. The van der Waals surface area contributed by atoms with E-state index in [1.165, 1.54) is 13.2 Å². The van der Waals surface area contributed by atoms with E-state index in [-0.39, 0.29) is 5.69 Å². The van der Waals surface area contributed by atoms with Crippen LogP contribution in [0.1, 0.15) is 12.1 Å². The van der Waals surface area contributed by atoms with Crippen molar-refractivity contribution in [3.8, 4) is 5.75 Å². The molecule has 3 nitrogen and oxygen atoms in total. The summed E-state index contributed by atoms with van der Waals surface area (Å²) in [6.45, 7) is 0. The molecule has 0 fully saturated rings. The Morgan fingerprint density at radius 3 is 2.62 bits per heavy atom. The van der Waals surface area contributed by atoms with Gasteiger partial charge >= 0.3 is 0 Å². The van der Waals surface area contributed by atoms with Gasteiger partial charge in [0.05, 0.1) is 7.11 Å².